The molecule has 2 heterocycles. The van der Waals surface area contributed by atoms with Gasteiger partial charge in [-0.3, -0.25) is 4.98 Å². The molecule has 0 aliphatic carbocycles. The molecular weight excluding hydrogens is 246 g/mol. The van der Waals surface area contributed by atoms with E-state index >= 15 is 0 Å². The van der Waals surface area contributed by atoms with Crippen molar-refractivity contribution in [2.75, 3.05) is 11.4 Å². The van der Waals surface area contributed by atoms with Crippen LogP contribution >= 0.6 is 11.3 Å². The van der Waals surface area contributed by atoms with Crippen LogP contribution < -0.4 is 4.90 Å². The molecule has 0 saturated heterocycles. The first kappa shape index (κ1) is 11.2. The van der Waals surface area contributed by atoms with Crippen molar-refractivity contribution >= 4 is 22.7 Å². The van der Waals surface area contributed by atoms with E-state index in [1.165, 1.54) is 4.88 Å². The van der Waals surface area contributed by atoms with Gasteiger partial charge in [0.2, 0.25) is 0 Å². The second-order valence-electron chi connectivity index (χ2n) is 4.20. The lowest BCUT2D eigenvalue weighted by Gasteiger charge is -2.31. The van der Waals surface area contributed by atoms with E-state index in [0.29, 0.717) is 0 Å². The third-order valence-corrected chi connectivity index (χ3v) is 3.89. The number of oxime groups is 1. The van der Waals surface area contributed by atoms with Crippen LogP contribution in [0.25, 0.3) is 0 Å². The summed E-state index contributed by atoms with van der Waals surface area (Å²) in [6.45, 7) is 1.73. The second kappa shape index (κ2) is 4.78. The Labute approximate surface area is 109 Å². The first-order valence-electron chi connectivity index (χ1n) is 5.81. The van der Waals surface area contributed by atoms with Crippen molar-refractivity contribution in [3.8, 4) is 0 Å². The molecule has 3 rings (SSSR count). The molecular formula is C13H13N3OS. The molecule has 0 radical (unpaired) electrons. The van der Waals surface area contributed by atoms with Crippen molar-refractivity contribution in [2.24, 2.45) is 5.16 Å². The van der Waals surface area contributed by atoms with Crippen molar-refractivity contribution in [1.82, 2.24) is 4.98 Å². The maximum atomic E-state index is 9.04. The average Bonchev–Trinajstić information content (AvgIpc) is 2.92. The van der Waals surface area contributed by atoms with E-state index in [1.807, 2.05) is 29.9 Å². The van der Waals surface area contributed by atoms with Crippen LogP contribution in [0.2, 0.25) is 0 Å². The molecule has 1 aliphatic heterocycles. The molecule has 0 amide bonds. The summed E-state index contributed by atoms with van der Waals surface area (Å²) < 4.78 is 0. The lowest BCUT2D eigenvalue weighted by Crippen LogP contribution is -2.31. The summed E-state index contributed by atoms with van der Waals surface area (Å²) in [5.41, 5.74) is 4.78. The number of thiazole rings is 1. The minimum absolute atomic E-state index is 0.770. The largest absolute Gasteiger partial charge is 0.411 e. The fraction of sp³-hybridized carbons (Fsp3) is 0.231. The van der Waals surface area contributed by atoms with Gasteiger partial charge in [-0.15, -0.1) is 11.3 Å². The number of anilines is 1. The SMILES string of the molecule is O/N=C1/CCN(Cc2cncs2)c2ccccc21. The summed E-state index contributed by atoms with van der Waals surface area (Å²) in [6, 6.07) is 8.06. The Morgan fingerprint density at radius 3 is 3.06 bits per heavy atom. The minimum atomic E-state index is 0.770. The van der Waals surface area contributed by atoms with Crippen LogP contribution in [0.4, 0.5) is 5.69 Å². The van der Waals surface area contributed by atoms with Gasteiger partial charge in [0.1, 0.15) is 0 Å². The maximum Gasteiger partial charge on any atom is 0.0906 e. The van der Waals surface area contributed by atoms with Gasteiger partial charge < -0.3 is 10.1 Å². The van der Waals surface area contributed by atoms with Crippen molar-refractivity contribution in [3.05, 3.63) is 46.4 Å². The predicted octanol–water partition coefficient (Wildman–Crippen LogP) is 2.73. The molecule has 1 aromatic carbocycles. The van der Waals surface area contributed by atoms with E-state index < -0.39 is 0 Å². The van der Waals surface area contributed by atoms with Gasteiger partial charge in [-0.2, -0.15) is 0 Å². The zero-order valence-corrected chi connectivity index (χ0v) is 10.6. The predicted molar refractivity (Wildman–Crippen MR) is 72.5 cm³/mol. The third-order valence-electron chi connectivity index (χ3n) is 3.13. The first-order valence-corrected chi connectivity index (χ1v) is 6.69. The normalized spacial score (nSPS) is 16.9. The van der Waals surface area contributed by atoms with Crippen LogP contribution in [0.3, 0.4) is 0 Å². The lowest BCUT2D eigenvalue weighted by atomic mass is 9.99. The smallest absolute Gasteiger partial charge is 0.0906 e. The van der Waals surface area contributed by atoms with E-state index in [4.69, 9.17) is 5.21 Å². The number of hydrogen-bond donors (Lipinski definition) is 1. The highest BCUT2D eigenvalue weighted by molar-refractivity contribution is 7.09. The number of benzene rings is 1. The maximum absolute atomic E-state index is 9.04. The number of nitrogens with zero attached hydrogens (tertiary/aromatic N) is 3. The second-order valence-corrected chi connectivity index (χ2v) is 5.17. The van der Waals surface area contributed by atoms with Crippen LogP contribution in [0.15, 0.2) is 41.1 Å². The fourth-order valence-corrected chi connectivity index (χ4v) is 2.88. The summed E-state index contributed by atoms with van der Waals surface area (Å²) in [7, 11) is 0. The Bertz CT molecular complexity index is 565. The van der Waals surface area contributed by atoms with Crippen LogP contribution in [-0.2, 0) is 6.54 Å². The highest BCUT2D eigenvalue weighted by atomic mass is 32.1. The molecule has 0 spiro atoms. The number of hydrogen-bond acceptors (Lipinski definition) is 5. The summed E-state index contributed by atoms with van der Waals surface area (Å²) in [6.07, 6.45) is 2.68. The molecule has 1 aromatic heterocycles. The van der Waals surface area contributed by atoms with Gasteiger partial charge in [0, 0.05) is 35.3 Å². The number of fused-ring (bicyclic) bond motifs is 1. The Balaban J connectivity index is 1.94. The Hall–Kier alpha value is -1.88. The molecule has 0 unspecified atom stereocenters. The molecule has 0 bridgehead atoms. The van der Waals surface area contributed by atoms with Crippen LogP contribution in [0.1, 0.15) is 16.9 Å². The molecule has 0 saturated carbocycles. The van der Waals surface area contributed by atoms with E-state index in [1.54, 1.807) is 11.3 Å². The van der Waals surface area contributed by atoms with E-state index in [0.717, 1.165) is 36.5 Å². The Morgan fingerprint density at radius 1 is 1.39 bits per heavy atom. The van der Waals surface area contributed by atoms with Crippen LogP contribution in [-0.4, -0.2) is 22.4 Å². The average molecular weight is 259 g/mol. The van der Waals surface area contributed by atoms with E-state index in [2.05, 4.69) is 21.1 Å². The summed E-state index contributed by atoms with van der Waals surface area (Å²) >= 11 is 1.67. The van der Waals surface area contributed by atoms with E-state index in [9.17, 15) is 0 Å². The molecule has 18 heavy (non-hydrogen) atoms. The summed E-state index contributed by atoms with van der Waals surface area (Å²) in [5.74, 6) is 0. The van der Waals surface area contributed by atoms with Crippen molar-refractivity contribution < 1.29 is 5.21 Å². The van der Waals surface area contributed by atoms with Gasteiger partial charge in [0.05, 0.1) is 17.8 Å². The Morgan fingerprint density at radius 2 is 2.28 bits per heavy atom. The monoisotopic (exact) mass is 259 g/mol. The molecule has 0 fully saturated rings. The van der Waals surface area contributed by atoms with Gasteiger partial charge in [0.15, 0.2) is 0 Å². The van der Waals surface area contributed by atoms with Crippen molar-refractivity contribution in [1.29, 1.82) is 0 Å². The molecule has 1 N–H and O–H groups in total. The molecule has 0 atom stereocenters. The minimum Gasteiger partial charge on any atom is -0.411 e. The first-order chi connectivity index (χ1) is 8.88. The van der Waals surface area contributed by atoms with Crippen LogP contribution in [0.5, 0.6) is 0 Å². The van der Waals surface area contributed by atoms with Crippen LogP contribution in [0, 0.1) is 0 Å². The zero-order valence-electron chi connectivity index (χ0n) is 9.78. The number of rotatable bonds is 2. The molecule has 4 nitrogen and oxygen atoms in total. The highest BCUT2D eigenvalue weighted by Crippen LogP contribution is 2.29. The zero-order chi connectivity index (χ0) is 12.4. The summed E-state index contributed by atoms with van der Waals surface area (Å²) in [4.78, 5) is 7.65. The quantitative estimate of drug-likeness (QED) is 0.666. The molecule has 1 aliphatic rings. The number of aromatic nitrogens is 1. The number of para-hydroxylation sites is 1. The Kier molecular flexibility index (Phi) is 2.98. The van der Waals surface area contributed by atoms with E-state index in [-0.39, 0.29) is 0 Å². The molecule has 2 aromatic rings. The summed E-state index contributed by atoms with van der Waals surface area (Å²) in [5, 5.41) is 12.4. The molecule has 5 heteroatoms. The fourth-order valence-electron chi connectivity index (χ4n) is 2.27. The van der Waals surface area contributed by atoms with Gasteiger partial charge in [-0.1, -0.05) is 23.4 Å². The van der Waals surface area contributed by atoms with Gasteiger partial charge >= 0.3 is 0 Å². The van der Waals surface area contributed by atoms with Gasteiger partial charge in [-0.05, 0) is 6.07 Å². The van der Waals surface area contributed by atoms with Crippen molar-refractivity contribution in [3.63, 3.8) is 0 Å². The highest BCUT2D eigenvalue weighted by Gasteiger charge is 2.21. The van der Waals surface area contributed by atoms with Crippen molar-refractivity contribution in [2.45, 2.75) is 13.0 Å². The molecule has 92 valence electrons. The standard InChI is InChI=1S/C13H13N3OS/c17-15-12-5-6-16(8-10-7-14-9-18-10)13-4-2-1-3-11(12)13/h1-4,7,9,17H,5-6,8H2/b15-12-. The van der Waals surface area contributed by atoms with Gasteiger partial charge in [0.25, 0.3) is 0 Å². The third kappa shape index (κ3) is 1.97. The topological polar surface area (TPSA) is 48.7 Å². The lowest BCUT2D eigenvalue weighted by molar-refractivity contribution is 0.317. The van der Waals surface area contributed by atoms with Gasteiger partial charge in [-0.25, -0.2) is 0 Å².